The molecular formula is C14H17ClN2O. The van der Waals surface area contributed by atoms with Crippen LogP contribution < -0.4 is 5.32 Å². The summed E-state index contributed by atoms with van der Waals surface area (Å²) in [4.78, 5) is 14.1. The van der Waals surface area contributed by atoms with Gasteiger partial charge in [-0.2, -0.15) is 0 Å². The summed E-state index contributed by atoms with van der Waals surface area (Å²) < 4.78 is 0. The van der Waals surface area contributed by atoms with Crippen LogP contribution in [0.15, 0.2) is 24.3 Å². The number of carbonyl (C=O) groups excluding carboxylic acids is 1. The molecule has 0 unspecified atom stereocenters. The van der Waals surface area contributed by atoms with Crippen molar-refractivity contribution in [3.63, 3.8) is 0 Å². The van der Waals surface area contributed by atoms with Crippen molar-refractivity contribution in [1.29, 1.82) is 0 Å². The van der Waals surface area contributed by atoms with Crippen LogP contribution in [0.3, 0.4) is 0 Å². The molecule has 1 aromatic carbocycles. The van der Waals surface area contributed by atoms with Gasteiger partial charge in [0.2, 0.25) is 5.91 Å². The van der Waals surface area contributed by atoms with Gasteiger partial charge in [0.1, 0.15) is 5.66 Å². The van der Waals surface area contributed by atoms with Gasteiger partial charge < -0.3 is 4.90 Å². The number of halogens is 1. The first-order chi connectivity index (χ1) is 8.72. The Morgan fingerprint density at radius 1 is 1.22 bits per heavy atom. The fraction of sp³-hybridized carbons (Fsp3) is 0.500. The van der Waals surface area contributed by atoms with E-state index in [4.69, 9.17) is 11.6 Å². The standard InChI is InChI=1S/C14H17ClN2O/c15-12-5-3-11(4-6-12)14-8-7-13(18)17(14)10-2-1-9-16-14/h3-6,16H,1-2,7-10H2/t14-/m0/s1. The van der Waals surface area contributed by atoms with Gasteiger partial charge in [-0.1, -0.05) is 23.7 Å². The average molecular weight is 265 g/mol. The van der Waals surface area contributed by atoms with Crippen LogP contribution in [-0.2, 0) is 10.5 Å². The summed E-state index contributed by atoms with van der Waals surface area (Å²) in [6.07, 6.45) is 3.69. The Kier molecular flexibility index (Phi) is 3.04. The number of benzene rings is 1. The molecule has 0 saturated carbocycles. The van der Waals surface area contributed by atoms with E-state index in [9.17, 15) is 4.79 Å². The van der Waals surface area contributed by atoms with Crippen LogP contribution in [0.25, 0.3) is 0 Å². The van der Waals surface area contributed by atoms with E-state index in [2.05, 4.69) is 5.32 Å². The van der Waals surface area contributed by atoms with Gasteiger partial charge in [0.15, 0.2) is 0 Å². The number of fused-ring (bicyclic) bond motifs is 1. The van der Waals surface area contributed by atoms with Gasteiger partial charge in [0.25, 0.3) is 0 Å². The van der Waals surface area contributed by atoms with Crippen molar-refractivity contribution in [1.82, 2.24) is 10.2 Å². The van der Waals surface area contributed by atoms with Crippen molar-refractivity contribution in [3.05, 3.63) is 34.9 Å². The molecule has 1 amide bonds. The highest BCUT2D eigenvalue weighted by Gasteiger charge is 2.46. The highest BCUT2D eigenvalue weighted by Crippen LogP contribution is 2.38. The lowest BCUT2D eigenvalue weighted by Gasteiger charge is -2.38. The van der Waals surface area contributed by atoms with Crippen molar-refractivity contribution < 1.29 is 4.79 Å². The Morgan fingerprint density at radius 3 is 2.78 bits per heavy atom. The summed E-state index contributed by atoms with van der Waals surface area (Å²) in [6, 6.07) is 7.87. The van der Waals surface area contributed by atoms with Crippen molar-refractivity contribution >= 4 is 17.5 Å². The maximum absolute atomic E-state index is 12.1. The van der Waals surface area contributed by atoms with E-state index in [-0.39, 0.29) is 11.6 Å². The second-order valence-corrected chi connectivity index (χ2v) is 5.48. The van der Waals surface area contributed by atoms with Crippen LogP contribution in [0.2, 0.25) is 5.02 Å². The topological polar surface area (TPSA) is 32.3 Å². The zero-order valence-corrected chi connectivity index (χ0v) is 11.0. The fourth-order valence-corrected chi connectivity index (χ4v) is 3.21. The number of nitrogens with zero attached hydrogens (tertiary/aromatic N) is 1. The molecule has 96 valence electrons. The SMILES string of the molecule is O=C1CC[C@]2(c3ccc(Cl)cc3)NCCCCN12. The van der Waals surface area contributed by atoms with E-state index < -0.39 is 0 Å². The minimum atomic E-state index is -0.293. The Balaban J connectivity index is 2.03. The quantitative estimate of drug-likeness (QED) is 0.845. The first-order valence-electron chi connectivity index (χ1n) is 6.54. The maximum atomic E-state index is 12.1. The molecule has 3 rings (SSSR count). The van der Waals surface area contributed by atoms with Gasteiger partial charge in [-0.05, 0) is 43.5 Å². The minimum absolute atomic E-state index is 0.263. The van der Waals surface area contributed by atoms with Crippen molar-refractivity contribution in [2.24, 2.45) is 0 Å². The Hall–Kier alpha value is -1.06. The molecule has 0 aromatic heterocycles. The van der Waals surface area contributed by atoms with Gasteiger partial charge in [-0.15, -0.1) is 0 Å². The van der Waals surface area contributed by atoms with Gasteiger partial charge in [0, 0.05) is 18.0 Å². The normalized spacial score (nSPS) is 28.1. The van der Waals surface area contributed by atoms with E-state index in [1.54, 1.807) is 0 Å². The molecule has 18 heavy (non-hydrogen) atoms. The molecule has 4 heteroatoms. The van der Waals surface area contributed by atoms with Crippen molar-refractivity contribution in [3.8, 4) is 0 Å². The van der Waals surface area contributed by atoms with Gasteiger partial charge in [-0.25, -0.2) is 0 Å². The van der Waals surface area contributed by atoms with E-state index in [0.717, 1.165) is 42.9 Å². The molecule has 2 heterocycles. The zero-order valence-electron chi connectivity index (χ0n) is 10.3. The minimum Gasteiger partial charge on any atom is -0.320 e. The lowest BCUT2D eigenvalue weighted by Crippen LogP contribution is -2.52. The van der Waals surface area contributed by atoms with Crippen LogP contribution in [0.5, 0.6) is 0 Å². The molecule has 0 spiro atoms. The largest absolute Gasteiger partial charge is 0.320 e. The highest BCUT2D eigenvalue weighted by atomic mass is 35.5. The fourth-order valence-electron chi connectivity index (χ4n) is 3.09. The van der Waals surface area contributed by atoms with Gasteiger partial charge >= 0.3 is 0 Å². The lowest BCUT2D eigenvalue weighted by molar-refractivity contribution is -0.132. The van der Waals surface area contributed by atoms with Crippen molar-refractivity contribution in [2.45, 2.75) is 31.3 Å². The zero-order chi connectivity index (χ0) is 12.6. The second-order valence-electron chi connectivity index (χ2n) is 5.05. The first-order valence-corrected chi connectivity index (χ1v) is 6.92. The van der Waals surface area contributed by atoms with Crippen LogP contribution in [0.1, 0.15) is 31.2 Å². The Morgan fingerprint density at radius 2 is 2.00 bits per heavy atom. The summed E-state index contributed by atoms with van der Waals surface area (Å²) in [5.74, 6) is 0.263. The summed E-state index contributed by atoms with van der Waals surface area (Å²) in [7, 11) is 0. The number of carbonyl (C=O) groups is 1. The predicted octanol–water partition coefficient (Wildman–Crippen LogP) is 2.50. The molecule has 1 atom stereocenters. The molecule has 2 saturated heterocycles. The predicted molar refractivity (Wildman–Crippen MR) is 71.3 cm³/mol. The monoisotopic (exact) mass is 264 g/mol. The molecule has 2 fully saturated rings. The Labute approximate surface area is 112 Å². The van der Waals surface area contributed by atoms with Crippen LogP contribution in [0.4, 0.5) is 0 Å². The average Bonchev–Trinajstić information content (AvgIpc) is 2.59. The number of hydrogen-bond donors (Lipinski definition) is 1. The summed E-state index contributed by atoms with van der Waals surface area (Å²) >= 11 is 5.95. The molecule has 1 aromatic rings. The van der Waals surface area contributed by atoms with Crippen LogP contribution >= 0.6 is 11.6 Å². The molecule has 1 N–H and O–H groups in total. The smallest absolute Gasteiger partial charge is 0.224 e. The third-order valence-electron chi connectivity index (χ3n) is 4.01. The second kappa shape index (κ2) is 4.56. The third-order valence-corrected chi connectivity index (χ3v) is 4.26. The first kappa shape index (κ1) is 12.0. The summed E-state index contributed by atoms with van der Waals surface area (Å²) in [5.41, 5.74) is 0.859. The molecular weight excluding hydrogens is 248 g/mol. The molecule has 0 bridgehead atoms. The van der Waals surface area contributed by atoms with Gasteiger partial charge in [-0.3, -0.25) is 10.1 Å². The Bertz CT molecular complexity index is 459. The number of amides is 1. The molecule has 2 aliphatic rings. The third kappa shape index (κ3) is 1.82. The molecule has 0 aliphatic carbocycles. The van der Waals surface area contributed by atoms with E-state index in [1.165, 1.54) is 0 Å². The molecule has 2 aliphatic heterocycles. The van der Waals surface area contributed by atoms with Crippen molar-refractivity contribution in [2.75, 3.05) is 13.1 Å². The summed E-state index contributed by atoms with van der Waals surface area (Å²) in [5, 5.41) is 4.32. The highest BCUT2D eigenvalue weighted by molar-refractivity contribution is 6.30. The summed E-state index contributed by atoms with van der Waals surface area (Å²) in [6.45, 7) is 1.82. The number of nitrogens with one attached hydrogen (secondary N) is 1. The van der Waals surface area contributed by atoms with E-state index in [0.29, 0.717) is 6.42 Å². The molecule has 3 nitrogen and oxygen atoms in total. The molecule has 0 radical (unpaired) electrons. The number of hydrogen-bond acceptors (Lipinski definition) is 2. The lowest BCUT2D eigenvalue weighted by atomic mass is 9.96. The van der Waals surface area contributed by atoms with Crippen LogP contribution in [0, 0.1) is 0 Å². The van der Waals surface area contributed by atoms with Crippen LogP contribution in [-0.4, -0.2) is 23.9 Å². The van der Waals surface area contributed by atoms with E-state index >= 15 is 0 Å². The maximum Gasteiger partial charge on any atom is 0.224 e. The van der Waals surface area contributed by atoms with Gasteiger partial charge in [0.05, 0.1) is 0 Å². The number of rotatable bonds is 1. The van der Waals surface area contributed by atoms with E-state index in [1.807, 2.05) is 29.2 Å².